The molecule has 0 heterocycles. The van der Waals surface area contributed by atoms with Gasteiger partial charge in [0.15, 0.2) is 0 Å². The Morgan fingerprint density at radius 1 is 0.458 bits per heavy atom. The minimum absolute atomic E-state index is 0.377. The Labute approximate surface area is 348 Å². The van der Waals surface area contributed by atoms with Crippen molar-refractivity contribution in [2.75, 3.05) is 4.90 Å². The molecule has 0 radical (unpaired) electrons. The molecule has 4 heteroatoms. The van der Waals surface area contributed by atoms with E-state index in [1.807, 2.05) is 27.7 Å². The van der Waals surface area contributed by atoms with Crippen LogP contribution in [0.5, 0.6) is 0 Å². The summed E-state index contributed by atoms with van der Waals surface area (Å²) in [6, 6.07) is 70.7. The van der Waals surface area contributed by atoms with Crippen molar-refractivity contribution in [2.24, 2.45) is 0 Å². The quantitative estimate of drug-likeness (QED) is 0.149. The molecule has 0 bridgehead atoms. The average Bonchev–Trinajstić information content (AvgIpc) is 3.74. The van der Waals surface area contributed by atoms with Gasteiger partial charge in [-0.25, -0.2) is 0 Å². The Hall–Kier alpha value is -6.46. The molecule has 0 fully saturated rings. The van der Waals surface area contributed by atoms with Gasteiger partial charge in [0.2, 0.25) is 0 Å². The number of aliphatic hydroxyl groups is 1. The van der Waals surface area contributed by atoms with Crippen LogP contribution in [-0.4, -0.2) is 23.8 Å². The van der Waals surface area contributed by atoms with Crippen LogP contribution in [0, 0.1) is 0 Å². The van der Waals surface area contributed by atoms with E-state index in [1.165, 1.54) is 61.2 Å². The summed E-state index contributed by atoms with van der Waals surface area (Å²) in [5, 5.41) is 11.0. The highest BCUT2D eigenvalue weighted by molar-refractivity contribution is 6.50. The third-order valence-electron chi connectivity index (χ3n) is 13.0. The fourth-order valence-electron chi connectivity index (χ4n) is 9.34. The molecule has 1 unspecified atom stereocenters. The van der Waals surface area contributed by atoms with Crippen molar-refractivity contribution in [1.82, 2.24) is 0 Å². The lowest BCUT2D eigenvalue weighted by Crippen LogP contribution is -2.49. The summed E-state index contributed by atoms with van der Waals surface area (Å²) in [6.07, 6.45) is 0. The maximum atomic E-state index is 11.0. The predicted molar refractivity (Wildman–Crippen MR) is 247 cm³/mol. The van der Waals surface area contributed by atoms with Gasteiger partial charge < -0.3 is 14.7 Å². The molecule has 2 aliphatic carbocycles. The monoisotopic (exact) mass is 763 g/mol. The van der Waals surface area contributed by atoms with Crippen molar-refractivity contribution in [3.63, 3.8) is 0 Å². The molecule has 286 valence electrons. The average molecular weight is 764 g/mol. The molecule has 1 atom stereocenters. The first kappa shape index (κ1) is 36.9. The van der Waals surface area contributed by atoms with Crippen LogP contribution < -0.4 is 10.4 Å². The van der Waals surface area contributed by atoms with Gasteiger partial charge in [0, 0.05) is 16.9 Å². The van der Waals surface area contributed by atoms with E-state index in [0.717, 1.165) is 28.1 Å². The van der Waals surface area contributed by atoms with Crippen molar-refractivity contribution in [2.45, 2.75) is 44.3 Å². The molecule has 59 heavy (non-hydrogen) atoms. The summed E-state index contributed by atoms with van der Waals surface area (Å²) >= 11 is 0. The first-order valence-electron chi connectivity index (χ1n) is 20.6. The van der Waals surface area contributed by atoms with Gasteiger partial charge in [0.25, 0.3) is 0 Å². The van der Waals surface area contributed by atoms with Gasteiger partial charge in [-0.05, 0) is 125 Å². The van der Waals surface area contributed by atoms with Gasteiger partial charge in [0.05, 0.1) is 22.3 Å². The lowest BCUT2D eigenvalue weighted by atomic mass is 9.69. The van der Waals surface area contributed by atoms with Crippen LogP contribution >= 0.6 is 0 Å². The number of benzene rings is 8. The lowest BCUT2D eigenvalue weighted by Gasteiger charge is -2.37. The Morgan fingerprint density at radius 3 is 1.68 bits per heavy atom. The smallest absolute Gasteiger partial charge is 0.310 e. The number of rotatable bonds is 9. The Bertz CT molecular complexity index is 2840. The van der Waals surface area contributed by atoms with E-state index in [4.69, 9.17) is 4.65 Å². The van der Waals surface area contributed by atoms with Gasteiger partial charge in [-0.2, -0.15) is 0 Å². The molecule has 10 rings (SSSR count). The summed E-state index contributed by atoms with van der Waals surface area (Å²) in [7, 11) is 0.377. The zero-order valence-corrected chi connectivity index (χ0v) is 34.0. The molecule has 0 aromatic heterocycles. The third kappa shape index (κ3) is 5.89. The summed E-state index contributed by atoms with van der Waals surface area (Å²) in [4.78, 5) is 2.43. The fourth-order valence-corrected chi connectivity index (χ4v) is 9.34. The molecule has 2 aliphatic rings. The number of para-hydroxylation sites is 1. The van der Waals surface area contributed by atoms with Crippen LogP contribution in [0.4, 0.5) is 17.1 Å². The number of anilines is 3. The summed E-state index contributed by atoms with van der Waals surface area (Å²) in [5.74, 6) is 0. The predicted octanol–water partition coefficient (Wildman–Crippen LogP) is 12.4. The second kappa shape index (κ2) is 14.1. The fraction of sp³-hybridized carbons (Fsp3) is 0.127. The van der Waals surface area contributed by atoms with E-state index >= 15 is 0 Å². The largest absolute Gasteiger partial charge is 0.427 e. The van der Waals surface area contributed by atoms with Crippen molar-refractivity contribution >= 4 is 30.0 Å². The highest BCUT2D eigenvalue weighted by Gasteiger charge is 2.52. The van der Waals surface area contributed by atoms with Crippen molar-refractivity contribution in [1.29, 1.82) is 0 Å². The molecule has 8 aromatic carbocycles. The zero-order chi connectivity index (χ0) is 40.4. The van der Waals surface area contributed by atoms with E-state index in [-0.39, 0.29) is 0 Å². The van der Waals surface area contributed by atoms with Gasteiger partial charge >= 0.3 is 7.48 Å². The summed E-state index contributed by atoms with van der Waals surface area (Å²) < 4.78 is 6.59. The third-order valence-corrected chi connectivity index (χ3v) is 13.0. The molecule has 1 N–H and O–H groups in total. The van der Waals surface area contributed by atoms with E-state index in [2.05, 4.69) is 199 Å². The standard InChI is InChI=1S/C55H46BNO2/c1-53(2,58)54(3,4)59-56-50-28-17-27-48-52(50)45-24-12-15-26-47(45)55(48)46-25-14-11-23-43(46)44-35-34-41(36-49(44)55)57(40-32-30-38(31-33-40)37-18-7-5-8-19-37)51-29-16-13-22-42(51)39-20-9-6-10-21-39/h5-36,56,58H,1-4H3. The maximum absolute atomic E-state index is 11.0. The van der Waals surface area contributed by atoms with Crippen molar-refractivity contribution < 1.29 is 9.76 Å². The Kier molecular flexibility index (Phi) is 8.83. The van der Waals surface area contributed by atoms with E-state index in [1.54, 1.807) is 0 Å². The Balaban J connectivity index is 1.20. The van der Waals surface area contributed by atoms with E-state index < -0.39 is 16.6 Å². The second-order valence-corrected chi connectivity index (χ2v) is 16.9. The number of fused-ring (bicyclic) bond motifs is 10. The maximum Gasteiger partial charge on any atom is 0.310 e. The molecular weight excluding hydrogens is 717 g/mol. The van der Waals surface area contributed by atoms with E-state index in [0.29, 0.717) is 7.48 Å². The van der Waals surface area contributed by atoms with Gasteiger partial charge in [-0.3, -0.25) is 0 Å². The minimum atomic E-state index is -1.02. The summed E-state index contributed by atoms with van der Waals surface area (Å²) in [6.45, 7) is 7.56. The molecule has 0 saturated heterocycles. The molecule has 3 nitrogen and oxygen atoms in total. The number of nitrogens with zero attached hydrogens (tertiary/aromatic N) is 1. The molecular formula is C55H46BNO2. The normalized spacial score (nSPS) is 15.0. The molecule has 0 amide bonds. The van der Waals surface area contributed by atoms with Gasteiger partial charge in [-0.1, -0.05) is 164 Å². The highest BCUT2D eigenvalue weighted by Crippen LogP contribution is 2.63. The number of hydrogen-bond acceptors (Lipinski definition) is 3. The molecule has 1 spiro atoms. The van der Waals surface area contributed by atoms with Crippen LogP contribution in [-0.2, 0) is 10.1 Å². The highest BCUT2D eigenvalue weighted by atomic mass is 16.5. The first-order valence-corrected chi connectivity index (χ1v) is 20.6. The van der Waals surface area contributed by atoms with Gasteiger partial charge in [-0.15, -0.1) is 0 Å². The van der Waals surface area contributed by atoms with Crippen LogP contribution in [0.3, 0.4) is 0 Å². The molecule has 0 aliphatic heterocycles. The van der Waals surface area contributed by atoms with Crippen molar-refractivity contribution in [3.8, 4) is 44.5 Å². The minimum Gasteiger partial charge on any atom is -0.427 e. The van der Waals surface area contributed by atoms with Gasteiger partial charge in [0.1, 0.15) is 0 Å². The van der Waals surface area contributed by atoms with Crippen LogP contribution in [0.15, 0.2) is 194 Å². The molecule has 8 aromatic rings. The van der Waals surface area contributed by atoms with Crippen LogP contribution in [0.2, 0.25) is 0 Å². The lowest BCUT2D eigenvalue weighted by molar-refractivity contribution is -0.0893. The van der Waals surface area contributed by atoms with Crippen LogP contribution in [0.1, 0.15) is 49.9 Å². The molecule has 0 saturated carbocycles. The van der Waals surface area contributed by atoms with E-state index in [9.17, 15) is 5.11 Å². The topological polar surface area (TPSA) is 32.7 Å². The summed E-state index contributed by atoms with van der Waals surface area (Å²) in [5.41, 5.74) is 16.8. The first-order chi connectivity index (χ1) is 28.7. The Morgan fingerprint density at radius 2 is 0.983 bits per heavy atom. The zero-order valence-electron chi connectivity index (χ0n) is 34.0. The van der Waals surface area contributed by atoms with Crippen LogP contribution in [0.25, 0.3) is 44.5 Å². The van der Waals surface area contributed by atoms with Crippen molar-refractivity contribution in [3.05, 3.63) is 216 Å². The number of hydrogen-bond donors (Lipinski definition) is 1. The SMILES string of the molecule is CC(C)(O)C(C)(C)OBc1cccc2c1-c1ccccc1C21c2ccccc2-c2ccc(N(c3ccc(-c4ccccc4)cc3)c3ccccc3-c3ccccc3)cc21. The second-order valence-electron chi connectivity index (χ2n) is 16.9.